The van der Waals surface area contributed by atoms with Gasteiger partial charge in [0.1, 0.15) is 5.75 Å². The van der Waals surface area contributed by atoms with Crippen molar-refractivity contribution in [1.82, 2.24) is 0 Å². The van der Waals surface area contributed by atoms with Crippen LogP contribution in [0.1, 0.15) is 34.6 Å². The molecular weight excluding hydrogens is 240 g/mol. The second kappa shape index (κ2) is 6.15. The Kier molecular flexibility index (Phi) is 5.06. The minimum atomic E-state index is -0.750. The molecule has 1 aromatic rings. The summed E-state index contributed by atoms with van der Waals surface area (Å²) in [6, 6.07) is 5.69. The van der Waals surface area contributed by atoms with Gasteiger partial charge in [0.25, 0.3) is 0 Å². The molecule has 1 aromatic carbocycles. The van der Waals surface area contributed by atoms with Crippen molar-refractivity contribution in [2.75, 3.05) is 23.7 Å². The van der Waals surface area contributed by atoms with E-state index in [9.17, 15) is 5.11 Å². The second-order valence-corrected chi connectivity index (χ2v) is 5.75. The van der Waals surface area contributed by atoms with Crippen LogP contribution >= 0.6 is 0 Å². The lowest BCUT2D eigenvalue weighted by Gasteiger charge is -2.30. The summed E-state index contributed by atoms with van der Waals surface area (Å²) < 4.78 is 5.69. The van der Waals surface area contributed by atoms with Crippen molar-refractivity contribution >= 4 is 11.4 Å². The van der Waals surface area contributed by atoms with Crippen LogP contribution in [0.4, 0.5) is 11.4 Å². The van der Waals surface area contributed by atoms with Gasteiger partial charge >= 0.3 is 0 Å². The Labute approximate surface area is 116 Å². The number of rotatable bonds is 6. The minimum Gasteiger partial charge on any atom is -0.491 e. The summed E-state index contributed by atoms with van der Waals surface area (Å²) in [5.74, 6) is 0.763. The van der Waals surface area contributed by atoms with Crippen LogP contribution in [0.3, 0.4) is 0 Å². The zero-order valence-electron chi connectivity index (χ0n) is 12.6. The highest BCUT2D eigenvalue weighted by Gasteiger charge is 2.18. The highest BCUT2D eigenvalue weighted by atomic mass is 16.5. The molecule has 1 rings (SSSR count). The fourth-order valence-electron chi connectivity index (χ4n) is 1.98. The van der Waals surface area contributed by atoms with Gasteiger partial charge in [-0.1, -0.05) is 0 Å². The van der Waals surface area contributed by atoms with Gasteiger partial charge in [0, 0.05) is 36.6 Å². The lowest BCUT2D eigenvalue weighted by atomic mass is 10.1. The monoisotopic (exact) mass is 266 g/mol. The first-order valence-corrected chi connectivity index (χ1v) is 6.76. The number of anilines is 2. The Bertz CT molecular complexity index is 411. The number of nitrogen functional groups attached to an aromatic ring is 1. The van der Waals surface area contributed by atoms with E-state index in [0.717, 1.165) is 18.0 Å². The van der Waals surface area contributed by atoms with Crippen LogP contribution in [0, 0.1) is 0 Å². The van der Waals surface area contributed by atoms with Crippen LogP contribution in [-0.2, 0) is 0 Å². The van der Waals surface area contributed by atoms with E-state index in [2.05, 4.69) is 11.8 Å². The van der Waals surface area contributed by atoms with Gasteiger partial charge in [-0.2, -0.15) is 0 Å². The first kappa shape index (κ1) is 15.6. The Morgan fingerprint density at radius 1 is 1.32 bits per heavy atom. The lowest BCUT2D eigenvalue weighted by Crippen LogP contribution is -2.38. The fourth-order valence-corrected chi connectivity index (χ4v) is 1.98. The van der Waals surface area contributed by atoms with Crippen LogP contribution in [0.15, 0.2) is 18.2 Å². The zero-order valence-corrected chi connectivity index (χ0v) is 12.6. The third-order valence-corrected chi connectivity index (χ3v) is 2.61. The van der Waals surface area contributed by atoms with E-state index in [1.807, 2.05) is 32.0 Å². The van der Waals surface area contributed by atoms with E-state index in [0.29, 0.717) is 12.2 Å². The first-order chi connectivity index (χ1) is 8.71. The van der Waals surface area contributed by atoms with Crippen molar-refractivity contribution in [2.24, 2.45) is 0 Å². The number of likely N-dealkylation sites (N-methyl/N-ethyl adjacent to an activating group) is 1. The highest BCUT2D eigenvalue weighted by Crippen LogP contribution is 2.27. The van der Waals surface area contributed by atoms with E-state index in [1.165, 1.54) is 0 Å². The number of nitrogens with zero attached hydrogens (tertiary/aromatic N) is 1. The summed E-state index contributed by atoms with van der Waals surface area (Å²) in [5.41, 5.74) is 6.81. The number of ether oxygens (including phenoxy) is 1. The smallest absolute Gasteiger partial charge is 0.123 e. The molecule has 0 heterocycles. The molecule has 0 spiro atoms. The summed E-state index contributed by atoms with van der Waals surface area (Å²) in [5, 5.41) is 9.96. The standard InChI is InChI=1S/C15H26N2O2/c1-6-17(10-15(4,5)18)13-7-12(16)8-14(9-13)19-11(2)3/h7-9,11,18H,6,10,16H2,1-5H3. The molecule has 108 valence electrons. The van der Waals surface area contributed by atoms with Crippen molar-refractivity contribution in [1.29, 1.82) is 0 Å². The normalized spacial score (nSPS) is 11.7. The van der Waals surface area contributed by atoms with Gasteiger partial charge in [0.05, 0.1) is 11.7 Å². The molecule has 4 heteroatoms. The topological polar surface area (TPSA) is 58.7 Å². The zero-order chi connectivity index (χ0) is 14.6. The Balaban J connectivity index is 3.00. The molecule has 0 amide bonds. The molecular formula is C15H26N2O2. The van der Waals surface area contributed by atoms with Crippen molar-refractivity contribution in [3.8, 4) is 5.75 Å². The molecule has 4 nitrogen and oxygen atoms in total. The van der Waals surface area contributed by atoms with E-state index in [1.54, 1.807) is 13.8 Å². The molecule has 3 N–H and O–H groups in total. The third-order valence-electron chi connectivity index (χ3n) is 2.61. The predicted molar refractivity (Wildman–Crippen MR) is 80.8 cm³/mol. The van der Waals surface area contributed by atoms with Crippen molar-refractivity contribution in [3.05, 3.63) is 18.2 Å². The number of benzene rings is 1. The number of aliphatic hydroxyl groups is 1. The number of hydrogen-bond acceptors (Lipinski definition) is 4. The van der Waals surface area contributed by atoms with Crippen LogP contribution in [0.5, 0.6) is 5.75 Å². The maximum Gasteiger partial charge on any atom is 0.123 e. The van der Waals surface area contributed by atoms with E-state index in [4.69, 9.17) is 10.5 Å². The Morgan fingerprint density at radius 3 is 2.42 bits per heavy atom. The van der Waals surface area contributed by atoms with Gasteiger partial charge in [-0.3, -0.25) is 0 Å². The molecule has 0 saturated heterocycles. The summed E-state index contributed by atoms with van der Waals surface area (Å²) in [6.07, 6.45) is 0.110. The van der Waals surface area contributed by atoms with E-state index < -0.39 is 5.60 Å². The quantitative estimate of drug-likeness (QED) is 0.777. The molecule has 0 fully saturated rings. The van der Waals surface area contributed by atoms with Gasteiger partial charge in [-0.05, 0) is 40.7 Å². The maximum atomic E-state index is 9.96. The molecule has 0 atom stereocenters. The molecule has 19 heavy (non-hydrogen) atoms. The SMILES string of the molecule is CCN(CC(C)(C)O)c1cc(N)cc(OC(C)C)c1. The van der Waals surface area contributed by atoms with Crippen LogP contribution < -0.4 is 15.4 Å². The van der Waals surface area contributed by atoms with Crippen molar-refractivity contribution in [2.45, 2.75) is 46.3 Å². The summed E-state index contributed by atoms with van der Waals surface area (Å²) in [7, 11) is 0. The third kappa shape index (κ3) is 5.39. The van der Waals surface area contributed by atoms with Gasteiger partial charge in [-0.25, -0.2) is 0 Å². The number of nitrogens with two attached hydrogens (primary N) is 1. The first-order valence-electron chi connectivity index (χ1n) is 6.76. The van der Waals surface area contributed by atoms with Gasteiger partial charge in [0.15, 0.2) is 0 Å². The molecule has 0 aliphatic rings. The van der Waals surface area contributed by atoms with Gasteiger partial charge in [-0.15, -0.1) is 0 Å². The summed E-state index contributed by atoms with van der Waals surface area (Å²) in [6.45, 7) is 11.0. The van der Waals surface area contributed by atoms with Crippen LogP contribution in [0.25, 0.3) is 0 Å². The average molecular weight is 266 g/mol. The summed E-state index contributed by atoms with van der Waals surface area (Å²) >= 11 is 0. The Hall–Kier alpha value is -1.42. The minimum absolute atomic E-state index is 0.110. The van der Waals surface area contributed by atoms with Crippen molar-refractivity contribution in [3.63, 3.8) is 0 Å². The highest BCUT2D eigenvalue weighted by molar-refractivity contribution is 5.60. The molecule has 0 aliphatic heterocycles. The molecule has 0 saturated carbocycles. The van der Waals surface area contributed by atoms with Gasteiger partial charge in [0.2, 0.25) is 0 Å². The molecule has 0 bridgehead atoms. The van der Waals surface area contributed by atoms with Crippen LogP contribution in [0.2, 0.25) is 0 Å². The van der Waals surface area contributed by atoms with E-state index >= 15 is 0 Å². The summed E-state index contributed by atoms with van der Waals surface area (Å²) in [4.78, 5) is 2.09. The maximum absolute atomic E-state index is 9.96. The number of hydrogen-bond donors (Lipinski definition) is 2. The Morgan fingerprint density at radius 2 is 1.95 bits per heavy atom. The van der Waals surface area contributed by atoms with Crippen LogP contribution in [-0.4, -0.2) is 29.9 Å². The average Bonchev–Trinajstić information content (AvgIpc) is 2.22. The fraction of sp³-hybridized carbons (Fsp3) is 0.600. The molecule has 0 aliphatic carbocycles. The molecule has 0 radical (unpaired) electrons. The van der Waals surface area contributed by atoms with Crippen molar-refractivity contribution < 1.29 is 9.84 Å². The molecule has 0 unspecified atom stereocenters. The molecule has 0 aromatic heterocycles. The van der Waals surface area contributed by atoms with E-state index in [-0.39, 0.29) is 6.10 Å². The lowest BCUT2D eigenvalue weighted by molar-refractivity contribution is 0.0875. The predicted octanol–water partition coefficient (Wildman–Crippen LogP) is 2.65. The largest absolute Gasteiger partial charge is 0.491 e. The van der Waals surface area contributed by atoms with Gasteiger partial charge < -0.3 is 20.5 Å². The second-order valence-electron chi connectivity index (χ2n) is 5.75.